The molecule has 7 rings (SSSR count). The maximum Gasteiger partial charge on any atom is 0.272 e. The molecule has 0 fully saturated rings. The maximum absolute atomic E-state index is 13.3. The summed E-state index contributed by atoms with van der Waals surface area (Å²) in [6, 6.07) is 21.7. The minimum absolute atomic E-state index is 0.210. The number of aryl methyl sites for hydroxylation is 1. The summed E-state index contributed by atoms with van der Waals surface area (Å²) in [5, 5.41) is 10.5. The van der Waals surface area contributed by atoms with Crippen LogP contribution < -0.4 is 21.1 Å². The number of thiophene rings is 1. The fraction of sp³-hybridized carbons (Fsp3) is 0.114. The number of hydrogen-bond acceptors (Lipinski definition) is 7. The zero-order valence-corrected chi connectivity index (χ0v) is 25.6. The number of aromatic nitrogens is 4. The summed E-state index contributed by atoms with van der Waals surface area (Å²) in [6.07, 6.45) is 7.69. The van der Waals surface area contributed by atoms with Gasteiger partial charge in [-0.2, -0.15) is 0 Å². The smallest absolute Gasteiger partial charge is 0.272 e. The molecule has 10 heteroatoms. The Morgan fingerprint density at radius 3 is 2.87 bits per heavy atom. The summed E-state index contributed by atoms with van der Waals surface area (Å²) in [5.74, 6) is 0.812. The predicted molar refractivity (Wildman–Crippen MR) is 184 cm³/mol. The van der Waals surface area contributed by atoms with Gasteiger partial charge in [-0.25, -0.2) is 9.97 Å². The van der Waals surface area contributed by atoms with Crippen LogP contribution in [0.3, 0.4) is 0 Å². The van der Waals surface area contributed by atoms with Crippen LogP contribution in [0.2, 0.25) is 0 Å². The fourth-order valence-electron chi connectivity index (χ4n) is 5.72. The normalized spacial score (nSPS) is 11.7. The lowest BCUT2D eigenvalue weighted by molar-refractivity contribution is 0.101. The van der Waals surface area contributed by atoms with Gasteiger partial charge >= 0.3 is 0 Å². The van der Waals surface area contributed by atoms with E-state index >= 15 is 0 Å². The Morgan fingerprint density at radius 2 is 2.00 bits per heavy atom. The van der Waals surface area contributed by atoms with E-state index in [1.165, 1.54) is 0 Å². The summed E-state index contributed by atoms with van der Waals surface area (Å²) in [7, 11) is 3.49. The summed E-state index contributed by atoms with van der Waals surface area (Å²) in [6.45, 7) is 1.40. The molecule has 0 aliphatic rings. The van der Waals surface area contributed by atoms with Crippen LogP contribution in [-0.4, -0.2) is 39.1 Å². The van der Waals surface area contributed by atoms with Crippen molar-refractivity contribution in [2.45, 2.75) is 6.54 Å². The molecule has 0 aliphatic heterocycles. The van der Waals surface area contributed by atoms with Crippen LogP contribution in [0.25, 0.3) is 49.2 Å². The maximum atomic E-state index is 13.3. The van der Waals surface area contributed by atoms with Crippen LogP contribution in [0.1, 0.15) is 21.6 Å². The number of amides is 1. The van der Waals surface area contributed by atoms with Crippen molar-refractivity contribution < 1.29 is 9.53 Å². The van der Waals surface area contributed by atoms with E-state index in [4.69, 9.17) is 10.5 Å². The number of imidazole rings is 1. The molecule has 0 unspecified atom stereocenters. The number of benzene rings is 3. The molecule has 0 spiro atoms. The van der Waals surface area contributed by atoms with E-state index in [9.17, 15) is 4.79 Å². The summed E-state index contributed by atoms with van der Waals surface area (Å²) in [5.41, 5.74) is 14.6. The van der Waals surface area contributed by atoms with Crippen molar-refractivity contribution in [3.8, 4) is 16.9 Å². The van der Waals surface area contributed by atoms with Gasteiger partial charge in [0.2, 0.25) is 0 Å². The fourth-order valence-corrected chi connectivity index (χ4v) is 6.80. The minimum Gasteiger partial charge on any atom is -0.495 e. The number of nitrogens with zero attached hydrogens (tertiary/aromatic N) is 3. The second-order valence-corrected chi connectivity index (χ2v) is 11.6. The Labute approximate surface area is 263 Å². The highest BCUT2D eigenvalue weighted by Gasteiger charge is 2.18. The first-order valence-electron chi connectivity index (χ1n) is 14.5. The van der Waals surface area contributed by atoms with Gasteiger partial charge in [-0.3, -0.25) is 4.79 Å². The Kier molecular flexibility index (Phi) is 7.50. The van der Waals surface area contributed by atoms with E-state index in [0.717, 1.165) is 54.3 Å². The van der Waals surface area contributed by atoms with Crippen LogP contribution in [0.5, 0.6) is 5.75 Å². The summed E-state index contributed by atoms with van der Waals surface area (Å²) < 4.78 is 8.66. The quantitative estimate of drug-likeness (QED) is 0.130. The lowest BCUT2D eigenvalue weighted by Crippen LogP contribution is -2.16. The molecule has 4 heterocycles. The molecule has 0 saturated heterocycles. The zero-order valence-electron chi connectivity index (χ0n) is 24.8. The molecule has 0 radical (unpaired) electrons. The number of H-pyrrole nitrogens is 1. The lowest BCUT2D eigenvalue weighted by atomic mass is 10.0. The second-order valence-electron chi connectivity index (χ2n) is 10.7. The van der Waals surface area contributed by atoms with Gasteiger partial charge in [-0.15, -0.1) is 11.3 Å². The van der Waals surface area contributed by atoms with E-state index in [0.29, 0.717) is 36.0 Å². The average Bonchev–Trinajstić information content (AvgIpc) is 3.80. The molecule has 45 heavy (non-hydrogen) atoms. The van der Waals surface area contributed by atoms with Crippen LogP contribution in [0, 0.1) is 0 Å². The number of carbonyl (C=O) groups is 1. The number of methoxy groups -OCH3 is 1. The van der Waals surface area contributed by atoms with Gasteiger partial charge < -0.3 is 30.7 Å². The molecule has 224 valence electrons. The molecule has 1 amide bonds. The van der Waals surface area contributed by atoms with Crippen molar-refractivity contribution in [2.75, 3.05) is 24.7 Å². The predicted octanol–water partition coefficient (Wildman–Crippen LogP) is 6.98. The number of aromatic amines is 1. The van der Waals surface area contributed by atoms with Gasteiger partial charge in [0.25, 0.3) is 5.91 Å². The topological polar surface area (TPSA) is 123 Å². The lowest BCUT2D eigenvalue weighted by Gasteiger charge is -2.13. The molecule has 4 aromatic heterocycles. The summed E-state index contributed by atoms with van der Waals surface area (Å²) in [4.78, 5) is 25.3. The molecule has 3 aromatic carbocycles. The van der Waals surface area contributed by atoms with Gasteiger partial charge in [-0.05, 0) is 46.8 Å². The third kappa shape index (κ3) is 5.30. The Balaban J connectivity index is 1.10. The Hall–Kier alpha value is -5.45. The molecule has 0 atom stereocenters. The van der Waals surface area contributed by atoms with Gasteiger partial charge in [0.1, 0.15) is 17.3 Å². The number of pyridine rings is 1. The number of hydrogen-bond donors (Lipinski definition) is 4. The highest BCUT2D eigenvalue weighted by atomic mass is 32.1. The van der Waals surface area contributed by atoms with Crippen LogP contribution in [0.4, 0.5) is 11.5 Å². The van der Waals surface area contributed by atoms with Gasteiger partial charge in [0, 0.05) is 58.5 Å². The van der Waals surface area contributed by atoms with Crippen molar-refractivity contribution in [2.24, 2.45) is 7.05 Å². The van der Waals surface area contributed by atoms with Gasteiger partial charge in [-0.1, -0.05) is 48.6 Å². The van der Waals surface area contributed by atoms with E-state index in [-0.39, 0.29) is 5.91 Å². The number of nitrogen functional groups attached to an aromatic ring is 1. The van der Waals surface area contributed by atoms with Crippen LogP contribution >= 0.6 is 11.3 Å². The van der Waals surface area contributed by atoms with E-state index in [1.807, 2.05) is 78.5 Å². The second kappa shape index (κ2) is 11.9. The van der Waals surface area contributed by atoms with E-state index in [2.05, 4.69) is 49.2 Å². The highest BCUT2D eigenvalue weighted by Crippen LogP contribution is 2.41. The molecule has 0 saturated carbocycles. The summed E-state index contributed by atoms with van der Waals surface area (Å²) >= 11 is 1.63. The van der Waals surface area contributed by atoms with Crippen molar-refractivity contribution in [3.63, 3.8) is 0 Å². The number of nitrogens with one attached hydrogen (secondary N) is 3. The molecule has 0 aliphatic carbocycles. The first kappa shape index (κ1) is 28.3. The SMILES string of the molecule is COc1cc(-c2csc3c(/C=C/CNCc4cccc5[nH]cnc45)cnc(N)c23)ccc1NC(=O)c1cc2ccccc2n1C. The third-order valence-corrected chi connectivity index (χ3v) is 9.03. The highest BCUT2D eigenvalue weighted by molar-refractivity contribution is 7.18. The van der Waals surface area contributed by atoms with Gasteiger partial charge in [0.05, 0.1) is 30.2 Å². The average molecular weight is 614 g/mol. The largest absolute Gasteiger partial charge is 0.495 e. The number of carbonyl (C=O) groups excluding carboxylic acids is 1. The minimum atomic E-state index is -0.210. The number of anilines is 2. The first-order valence-corrected chi connectivity index (χ1v) is 15.4. The molecule has 7 aromatic rings. The number of para-hydroxylation sites is 2. The zero-order chi connectivity index (χ0) is 30.9. The van der Waals surface area contributed by atoms with Crippen molar-refractivity contribution in [3.05, 3.63) is 108 Å². The van der Waals surface area contributed by atoms with Crippen LogP contribution in [0.15, 0.2) is 90.7 Å². The number of fused-ring (bicyclic) bond motifs is 3. The first-order chi connectivity index (χ1) is 22.0. The van der Waals surface area contributed by atoms with E-state index in [1.54, 1.807) is 24.8 Å². The standard InChI is InChI=1S/C35H31N7O2S/c1-42-28-11-4-3-7-22(28)15-29(42)35(43)41-26-13-12-21(16-30(26)44-2)25-19-45-33-24(18-38-34(36)31(25)33)9-6-14-37-17-23-8-5-10-27-32(23)40-20-39-27/h3-13,15-16,18-20,37H,14,17H2,1-2H3,(H2,36,38)(H,39,40)(H,41,43)/b9-6+. The van der Waals surface area contributed by atoms with Crippen molar-refractivity contribution >= 4 is 66.8 Å². The van der Waals surface area contributed by atoms with Crippen LogP contribution in [-0.2, 0) is 13.6 Å². The van der Waals surface area contributed by atoms with E-state index < -0.39 is 0 Å². The number of rotatable bonds is 9. The monoisotopic (exact) mass is 613 g/mol. The molecule has 9 nitrogen and oxygen atoms in total. The molecule has 0 bridgehead atoms. The van der Waals surface area contributed by atoms with Crippen molar-refractivity contribution in [1.82, 2.24) is 24.8 Å². The molecular weight excluding hydrogens is 582 g/mol. The Bertz CT molecular complexity index is 2230. The van der Waals surface area contributed by atoms with Gasteiger partial charge in [0.15, 0.2) is 0 Å². The number of ether oxygens (including phenoxy) is 1. The molecular formula is C35H31N7O2S. The number of nitrogens with two attached hydrogens (primary N) is 1. The van der Waals surface area contributed by atoms with Crippen molar-refractivity contribution in [1.29, 1.82) is 0 Å². The molecule has 5 N–H and O–H groups in total. The Morgan fingerprint density at radius 1 is 1.11 bits per heavy atom. The third-order valence-electron chi connectivity index (χ3n) is 8.01.